The van der Waals surface area contributed by atoms with Crippen molar-refractivity contribution in [2.75, 3.05) is 24.5 Å². The molecule has 0 unspecified atom stereocenters. The molecule has 5 nitrogen and oxygen atoms in total. The molecule has 0 saturated carbocycles. The average molecular weight is 347 g/mol. The largest absolute Gasteiger partial charge is 0.350 e. The van der Waals surface area contributed by atoms with Crippen LogP contribution >= 0.6 is 23.1 Å². The highest BCUT2D eigenvalue weighted by molar-refractivity contribution is 7.10. The second kappa shape index (κ2) is 6.57. The van der Waals surface area contributed by atoms with Crippen molar-refractivity contribution in [3.63, 3.8) is 0 Å². The van der Waals surface area contributed by atoms with E-state index in [0.717, 1.165) is 16.3 Å². The van der Waals surface area contributed by atoms with Gasteiger partial charge in [-0.05, 0) is 36.2 Å². The number of benzene rings is 1. The van der Waals surface area contributed by atoms with Crippen molar-refractivity contribution in [3.05, 3.63) is 46.1 Å². The third kappa shape index (κ3) is 3.31. The van der Waals surface area contributed by atoms with Crippen molar-refractivity contribution in [2.24, 2.45) is 0 Å². The first-order valence-corrected chi connectivity index (χ1v) is 8.37. The quantitative estimate of drug-likeness (QED) is 0.857. The molecule has 1 fully saturated rings. The molecule has 0 radical (unpaired) electrons. The van der Waals surface area contributed by atoms with Gasteiger partial charge in [0.2, 0.25) is 5.91 Å². The Morgan fingerprint density at radius 2 is 2.26 bits per heavy atom. The van der Waals surface area contributed by atoms with Crippen molar-refractivity contribution in [3.8, 4) is 6.07 Å². The number of piperazine rings is 1. The van der Waals surface area contributed by atoms with Crippen LogP contribution in [0.5, 0.6) is 0 Å². The van der Waals surface area contributed by atoms with Gasteiger partial charge in [-0.3, -0.25) is 4.79 Å². The maximum atomic E-state index is 12.4. The molecule has 0 N–H and O–H groups in total. The average Bonchev–Trinajstić information content (AvgIpc) is 2.90. The van der Waals surface area contributed by atoms with Crippen LogP contribution in [-0.2, 0) is 11.3 Å². The summed E-state index contributed by atoms with van der Waals surface area (Å²) in [5.41, 5.74) is 2.32. The minimum atomic E-state index is 0.0474. The standard InChI is InChI=1S/C16H15ClN4OS/c1-11-14(8-18)16(23-19-11)21-6-5-20(15(22)10-21)9-12-3-2-4-13(17)7-12/h2-4,7H,5-6,9-10H2,1H3. The summed E-state index contributed by atoms with van der Waals surface area (Å²) in [5, 5.41) is 10.7. The summed E-state index contributed by atoms with van der Waals surface area (Å²) < 4.78 is 4.22. The van der Waals surface area contributed by atoms with Crippen LogP contribution in [0.4, 0.5) is 5.00 Å². The molecule has 1 aliphatic heterocycles. The minimum Gasteiger partial charge on any atom is -0.350 e. The van der Waals surface area contributed by atoms with Gasteiger partial charge in [-0.2, -0.15) is 9.64 Å². The number of aromatic nitrogens is 1. The number of hydrogen-bond donors (Lipinski definition) is 0. The Balaban J connectivity index is 1.70. The van der Waals surface area contributed by atoms with E-state index in [4.69, 9.17) is 11.6 Å². The number of nitriles is 1. The van der Waals surface area contributed by atoms with Crippen molar-refractivity contribution in [2.45, 2.75) is 13.5 Å². The second-order valence-corrected chi connectivity index (χ2v) is 6.61. The molecular formula is C16H15ClN4OS. The molecule has 1 amide bonds. The summed E-state index contributed by atoms with van der Waals surface area (Å²) in [7, 11) is 0. The lowest BCUT2D eigenvalue weighted by Gasteiger charge is -2.34. The molecule has 0 atom stereocenters. The maximum absolute atomic E-state index is 12.4. The number of hydrogen-bond acceptors (Lipinski definition) is 5. The molecule has 118 valence electrons. The topological polar surface area (TPSA) is 60.2 Å². The minimum absolute atomic E-state index is 0.0474. The fourth-order valence-corrected chi connectivity index (χ4v) is 3.69. The number of aryl methyl sites for hydroxylation is 1. The van der Waals surface area contributed by atoms with Crippen LogP contribution in [-0.4, -0.2) is 34.8 Å². The number of halogens is 1. The van der Waals surface area contributed by atoms with Crippen LogP contribution in [0, 0.1) is 18.3 Å². The summed E-state index contributed by atoms with van der Waals surface area (Å²) in [6.45, 7) is 3.96. The van der Waals surface area contributed by atoms with E-state index in [2.05, 4.69) is 10.4 Å². The van der Waals surface area contributed by atoms with Crippen molar-refractivity contribution in [1.29, 1.82) is 5.26 Å². The van der Waals surface area contributed by atoms with Crippen LogP contribution < -0.4 is 4.90 Å². The third-order valence-electron chi connectivity index (χ3n) is 3.82. The molecule has 23 heavy (non-hydrogen) atoms. The molecule has 0 spiro atoms. The lowest BCUT2D eigenvalue weighted by Crippen LogP contribution is -2.49. The first-order valence-electron chi connectivity index (χ1n) is 7.22. The predicted octanol–water partition coefficient (Wildman–Crippen LogP) is 2.83. The molecular weight excluding hydrogens is 332 g/mol. The monoisotopic (exact) mass is 346 g/mol. The summed E-state index contributed by atoms with van der Waals surface area (Å²) in [6.07, 6.45) is 0. The molecule has 2 heterocycles. The molecule has 1 aromatic carbocycles. The van der Waals surface area contributed by atoms with E-state index >= 15 is 0 Å². The van der Waals surface area contributed by atoms with E-state index in [1.807, 2.05) is 41.0 Å². The first kappa shape index (κ1) is 15.8. The van der Waals surface area contributed by atoms with Crippen molar-refractivity contribution < 1.29 is 4.79 Å². The fraction of sp³-hybridized carbons (Fsp3) is 0.312. The van der Waals surface area contributed by atoms with Crippen molar-refractivity contribution in [1.82, 2.24) is 9.27 Å². The maximum Gasteiger partial charge on any atom is 0.242 e. The van der Waals surface area contributed by atoms with Gasteiger partial charge < -0.3 is 9.80 Å². The lowest BCUT2D eigenvalue weighted by atomic mass is 10.2. The van der Waals surface area contributed by atoms with E-state index in [0.29, 0.717) is 30.2 Å². The summed E-state index contributed by atoms with van der Waals surface area (Å²) >= 11 is 7.27. The smallest absolute Gasteiger partial charge is 0.242 e. The van der Waals surface area contributed by atoms with Gasteiger partial charge in [0.05, 0.1) is 12.2 Å². The summed E-state index contributed by atoms with van der Waals surface area (Å²) in [6, 6.07) is 9.73. The zero-order chi connectivity index (χ0) is 16.4. The molecule has 3 rings (SSSR count). The first-order chi connectivity index (χ1) is 11.1. The highest BCUT2D eigenvalue weighted by Gasteiger charge is 2.27. The Kier molecular flexibility index (Phi) is 4.51. The van der Waals surface area contributed by atoms with Gasteiger partial charge in [-0.1, -0.05) is 23.7 Å². The molecule has 1 aromatic heterocycles. The van der Waals surface area contributed by atoms with Gasteiger partial charge in [-0.25, -0.2) is 0 Å². The number of rotatable bonds is 3. The number of carbonyl (C=O) groups is 1. The zero-order valence-corrected chi connectivity index (χ0v) is 14.2. The summed E-state index contributed by atoms with van der Waals surface area (Å²) in [5.74, 6) is 0.0474. The summed E-state index contributed by atoms with van der Waals surface area (Å²) in [4.78, 5) is 16.2. The van der Waals surface area contributed by atoms with E-state index < -0.39 is 0 Å². The molecule has 1 aliphatic rings. The van der Waals surface area contributed by atoms with E-state index in [1.54, 1.807) is 0 Å². The van der Waals surface area contributed by atoms with E-state index in [1.165, 1.54) is 11.5 Å². The molecule has 0 aliphatic carbocycles. The van der Waals surface area contributed by atoms with E-state index in [9.17, 15) is 10.1 Å². The molecule has 2 aromatic rings. The van der Waals surface area contributed by atoms with Crippen LogP contribution in [0.25, 0.3) is 0 Å². The zero-order valence-electron chi connectivity index (χ0n) is 12.6. The van der Waals surface area contributed by atoms with Crippen molar-refractivity contribution >= 4 is 34.0 Å². The third-order valence-corrected chi connectivity index (χ3v) is 5.06. The van der Waals surface area contributed by atoms with Crippen LogP contribution in [0.15, 0.2) is 24.3 Å². The predicted molar refractivity (Wildman–Crippen MR) is 90.6 cm³/mol. The molecule has 0 bridgehead atoms. The second-order valence-electron chi connectivity index (χ2n) is 5.43. The highest BCUT2D eigenvalue weighted by Crippen LogP contribution is 2.29. The van der Waals surface area contributed by atoms with Gasteiger partial charge >= 0.3 is 0 Å². The molecule has 7 heteroatoms. The van der Waals surface area contributed by atoms with Gasteiger partial charge in [0.1, 0.15) is 16.6 Å². The highest BCUT2D eigenvalue weighted by atomic mass is 35.5. The van der Waals surface area contributed by atoms with Crippen LogP contribution in [0.3, 0.4) is 0 Å². The van der Waals surface area contributed by atoms with Gasteiger partial charge in [0.25, 0.3) is 0 Å². The Morgan fingerprint density at radius 1 is 1.43 bits per heavy atom. The van der Waals surface area contributed by atoms with Crippen LogP contribution in [0.1, 0.15) is 16.8 Å². The fourth-order valence-electron chi connectivity index (χ4n) is 2.61. The number of anilines is 1. The molecule has 1 saturated heterocycles. The Hall–Kier alpha value is -2.10. The normalized spacial score (nSPS) is 14.9. The van der Waals surface area contributed by atoms with Gasteiger partial charge in [0, 0.05) is 24.7 Å². The lowest BCUT2D eigenvalue weighted by molar-refractivity contribution is -0.131. The number of amides is 1. The number of carbonyl (C=O) groups excluding carboxylic acids is 1. The Morgan fingerprint density at radius 3 is 2.96 bits per heavy atom. The van der Waals surface area contributed by atoms with Crippen LogP contribution in [0.2, 0.25) is 5.02 Å². The van der Waals surface area contributed by atoms with Gasteiger partial charge in [0.15, 0.2) is 0 Å². The van der Waals surface area contributed by atoms with Gasteiger partial charge in [-0.15, -0.1) is 0 Å². The van der Waals surface area contributed by atoms with E-state index in [-0.39, 0.29) is 12.5 Å². The number of nitrogens with zero attached hydrogens (tertiary/aromatic N) is 4. The Bertz CT molecular complexity index is 783. The SMILES string of the molecule is Cc1nsc(N2CCN(Cc3cccc(Cl)c3)C(=O)C2)c1C#N. The Labute approximate surface area is 143 Å².